The molecule has 0 saturated heterocycles. The summed E-state index contributed by atoms with van der Waals surface area (Å²) in [6.07, 6.45) is 2.40. The van der Waals surface area contributed by atoms with Crippen molar-refractivity contribution in [1.82, 2.24) is 0 Å². The van der Waals surface area contributed by atoms with E-state index in [1.807, 2.05) is 49.4 Å². The summed E-state index contributed by atoms with van der Waals surface area (Å²) in [6, 6.07) is 16.3. The summed E-state index contributed by atoms with van der Waals surface area (Å²) in [4.78, 5) is 0. The lowest BCUT2D eigenvalue weighted by molar-refractivity contribution is 0.615. The molecule has 0 aliphatic carbocycles. The van der Waals surface area contributed by atoms with Crippen molar-refractivity contribution in [2.45, 2.75) is 13.3 Å². The Morgan fingerprint density at radius 2 is 1.68 bits per heavy atom. The van der Waals surface area contributed by atoms with Gasteiger partial charge in [-0.25, -0.2) is 4.39 Å². The highest BCUT2D eigenvalue weighted by Crippen LogP contribution is 2.12. The van der Waals surface area contributed by atoms with Crippen LogP contribution < -0.4 is 0 Å². The van der Waals surface area contributed by atoms with Gasteiger partial charge >= 0.3 is 0 Å². The van der Waals surface area contributed by atoms with Crippen LogP contribution in [0.1, 0.15) is 18.1 Å². The van der Waals surface area contributed by atoms with Crippen LogP contribution in [0.25, 0.3) is 0 Å². The van der Waals surface area contributed by atoms with E-state index in [0.29, 0.717) is 17.7 Å². The molecule has 2 aromatic carbocycles. The first-order chi connectivity index (χ1) is 9.18. The van der Waals surface area contributed by atoms with Gasteiger partial charge in [0.25, 0.3) is 0 Å². The molecule has 0 radical (unpaired) electrons. The molecular weight excluding hydrogens is 237 g/mol. The quantitative estimate of drug-likeness (QED) is 0.782. The summed E-state index contributed by atoms with van der Waals surface area (Å²) < 4.78 is 13.5. The minimum absolute atomic E-state index is 0.196. The predicted molar refractivity (Wildman–Crippen MR) is 77.1 cm³/mol. The Balaban J connectivity index is 2.12. The predicted octanol–water partition coefficient (Wildman–Crippen LogP) is 4.38. The van der Waals surface area contributed by atoms with E-state index in [4.69, 9.17) is 5.41 Å². The van der Waals surface area contributed by atoms with Crippen LogP contribution in [0.3, 0.4) is 0 Å². The van der Waals surface area contributed by atoms with Gasteiger partial charge in [-0.05, 0) is 36.1 Å². The summed E-state index contributed by atoms with van der Waals surface area (Å²) in [5.74, 6) is -0.196. The molecule has 0 aromatic heterocycles. The van der Waals surface area contributed by atoms with Gasteiger partial charge in [0.05, 0.1) is 5.71 Å². The van der Waals surface area contributed by atoms with Gasteiger partial charge in [0.1, 0.15) is 5.82 Å². The second kappa shape index (κ2) is 6.10. The van der Waals surface area contributed by atoms with Crippen molar-refractivity contribution in [3.05, 3.63) is 83.2 Å². The SMILES string of the molecule is C/C(=C/Cc1ccccc1F)C(=N)c1ccccc1. The van der Waals surface area contributed by atoms with Crippen molar-refractivity contribution < 1.29 is 4.39 Å². The molecule has 0 aliphatic rings. The Kier molecular flexibility index (Phi) is 4.24. The van der Waals surface area contributed by atoms with Crippen molar-refractivity contribution in [2.24, 2.45) is 0 Å². The topological polar surface area (TPSA) is 23.9 Å². The lowest BCUT2D eigenvalue weighted by atomic mass is 10.0. The van der Waals surface area contributed by atoms with E-state index in [1.54, 1.807) is 12.1 Å². The van der Waals surface area contributed by atoms with E-state index in [0.717, 1.165) is 11.1 Å². The standard InChI is InChI=1S/C17H16FN/c1-13(17(19)15-8-3-2-4-9-15)11-12-14-7-5-6-10-16(14)18/h2-11,19H,12H2,1H3/b13-11-,19-17?. The minimum Gasteiger partial charge on any atom is -0.300 e. The second-order valence-corrected chi connectivity index (χ2v) is 4.42. The van der Waals surface area contributed by atoms with E-state index in [2.05, 4.69) is 0 Å². The molecule has 0 unspecified atom stereocenters. The van der Waals surface area contributed by atoms with Gasteiger partial charge in [-0.1, -0.05) is 54.6 Å². The minimum atomic E-state index is -0.196. The fraction of sp³-hybridized carbons (Fsp3) is 0.118. The Morgan fingerprint density at radius 3 is 2.37 bits per heavy atom. The summed E-state index contributed by atoms with van der Waals surface area (Å²) in [6.45, 7) is 1.89. The molecular formula is C17H16FN. The van der Waals surface area contributed by atoms with E-state index in [-0.39, 0.29) is 5.82 Å². The van der Waals surface area contributed by atoms with Crippen molar-refractivity contribution in [2.75, 3.05) is 0 Å². The first-order valence-corrected chi connectivity index (χ1v) is 6.23. The van der Waals surface area contributed by atoms with E-state index in [1.165, 1.54) is 6.07 Å². The molecule has 0 aliphatic heterocycles. The highest BCUT2D eigenvalue weighted by Gasteiger charge is 2.03. The smallest absolute Gasteiger partial charge is 0.126 e. The third-order valence-electron chi connectivity index (χ3n) is 3.04. The van der Waals surface area contributed by atoms with Gasteiger partial charge < -0.3 is 5.41 Å². The molecule has 2 rings (SSSR count). The number of nitrogens with one attached hydrogen (secondary N) is 1. The van der Waals surface area contributed by atoms with Gasteiger partial charge in [-0.3, -0.25) is 0 Å². The van der Waals surface area contributed by atoms with Gasteiger partial charge in [-0.15, -0.1) is 0 Å². The lowest BCUT2D eigenvalue weighted by Crippen LogP contribution is -2.01. The molecule has 0 amide bonds. The second-order valence-electron chi connectivity index (χ2n) is 4.42. The number of hydrogen-bond acceptors (Lipinski definition) is 1. The normalized spacial score (nSPS) is 11.4. The first kappa shape index (κ1) is 13.2. The monoisotopic (exact) mass is 253 g/mol. The van der Waals surface area contributed by atoms with Crippen molar-refractivity contribution in [1.29, 1.82) is 5.41 Å². The molecule has 1 N–H and O–H groups in total. The average Bonchev–Trinajstić information content (AvgIpc) is 2.46. The molecule has 0 saturated carbocycles. The third-order valence-corrected chi connectivity index (χ3v) is 3.04. The van der Waals surface area contributed by atoms with Crippen LogP contribution in [0.15, 0.2) is 66.2 Å². The number of hydrogen-bond donors (Lipinski definition) is 1. The summed E-state index contributed by atoms with van der Waals surface area (Å²) in [7, 11) is 0. The van der Waals surface area contributed by atoms with Crippen LogP contribution >= 0.6 is 0 Å². The van der Waals surface area contributed by atoms with Crippen LogP contribution in [0.4, 0.5) is 4.39 Å². The number of allylic oxidation sites excluding steroid dienone is 2. The van der Waals surface area contributed by atoms with E-state index in [9.17, 15) is 4.39 Å². The van der Waals surface area contributed by atoms with E-state index >= 15 is 0 Å². The van der Waals surface area contributed by atoms with Crippen LogP contribution in [-0.4, -0.2) is 5.71 Å². The maximum absolute atomic E-state index is 13.5. The maximum atomic E-state index is 13.5. The van der Waals surface area contributed by atoms with Gasteiger partial charge in [0.2, 0.25) is 0 Å². The summed E-state index contributed by atoms with van der Waals surface area (Å²) in [5, 5.41) is 8.09. The molecule has 1 nitrogen and oxygen atoms in total. The molecule has 0 atom stereocenters. The van der Waals surface area contributed by atoms with Crippen LogP contribution in [0, 0.1) is 11.2 Å². The highest BCUT2D eigenvalue weighted by atomic mass is 19.1. The maximum Gasteiger partial charge on any atom is 0.126 e. The largest absolute Gasteiger partial charge is 0.300 e. The fourth-order valence-corrected chi connectivity index (χ4v) is 1.86. The van der Waals surface area contributed by atoms with Crippen LogP contribution in [-0.2, 0) is 6.42 Å². The first-order valence-electron chi connectivity index (χ1n) is 6.23. The van der Waals surface area contributed by atoms with Gasteiger partial charge in [0, 0.05) is 0 Å². The molecule has 19 heavy (non-hydrogen) atoms. The zero-order valence-electron chi connectivity index (χ0n) is 10.9. The average molecular weight is 253 g/mol. The molecule has 0 spiro atoms. The van der Waals surface area contributed by atoms with Crippen molar-refractivity contribution in [3.8, 4) is 0 Å². The molecule has 0 bridgehead atoms. The Bertz CT molecular complexity index is 600. The van der Waals surface area contributed by atoms with Gasteiger partial charge in [0.15, 0.2) is 0 Å². The molecule has 0 fully saturated rings. The van der Waals surface area contributed by atoms with Crippen LogP contribution in [0.2, 0.25) is 0 Å². The number of benzene rings is 2. The zero-order valence-corrected chi connectivity index (χ0v) is 10.9. The Hall–Kier alpha value is -2.22. The summed E-state index contributed by atoms with van der Waals surface area (Å²) in [5.41, 5.74) is 2.87. The fourth-order valence-electron chi connectivity index (χ4n) is 1.86. The van der Waals surface area contributed by atoms with E-state index < -0.39 is 0 Å². The Morgan fingerprint density at radius 1 is 1.05 bits per heavy atom. The molecule has 2 heteroatoms. The molecule has 0 heterocycles. The van der Waals surface area contributed by atoms with Gasteiger partial charge in [-0.2, -0.15) is 0 Å². The third kappa shape index (κ3) is 3.38. The molecule has 96 valence electrons. The Labute approximate surface area is 112 Å². The number of rotatable bonds is 4. The zero-order chi connectivity index (χ0) is 13.7. The number of halogens is 1. The van der Waals surface area contributed by atoms with Crippen molar-refractivity contribution >= 4 is 5.71 Å². The lowest BCUT2D eigenvalue weighted by Gasteiger charge is -2.05. The van der Waals surface area contributed by atoms with Crippen molar-refractivity contribution in [3.63, 3.8) is 0 Å². The molecule has 2 aromatic rings. The highest BCUT2D eigenvalue weighted by molar-refractivity contribution is 6.10. The summed E-state index contributed by atoms with van der Waals surface area (Å²) >= 11 is 0. The van der Waals surface area contributed by atoms with Crippen LogP contribution in [0.5, 0.6) is 0 Å².